The number of aryl methyl sites for hydroxylation is 3. The molecular formula is C14H19N3O2. The maximum atomic E-state index is 5.81. The van der Waals surface area contributed by atoms with Crippen LogP contribution in [0.1, 0.15) is 28.5 Å². The van der Waals surface area contributed by atoms with E-state index in [1.54, 1.807) is 0 Å². The summed E-state index contributed by atoms with van der Waals surface area (Å²) < 4.78 is 11.1. The number of ether oxygens (including phenoxy) is 1. The molecule has 1 aromatic heterocycles. The number of aromatic nitrogens is 2. The predicted octanol–water partition coefficient (Wildman–Crippen LogP) is 2.08. The topological polar surface area (TPSA) is 74.2 Å². The molecule has 0 saturated carbocycles. The molecule has 5 heteroatoms. The van der Waals surface area contributed by atoms with Gasteiger partial charge in [0.15, 0.2) is 0 Å². The summed E-state index contributed by atoms with van der Waals surface area (Å²) in [5, 5.41) is 7.71. The second-order valence-corrected chi connectivity index (χ2v) is 4.62. The Morgan fingerprint density at radius 1 is 1.11 bits per heavy atom. The first-order valence-electron chi connectivity index (χ1n) is 6.32. The Bertz CT molecular complexity index is 541. The summed E-state index contributed by atoms with van der Waals surface area (Å²) in [6, 6.07) is 4.23. The second kappa shape index (κ2) is 5.84. The molecule has 2 N–H and O–H groups in total. The Morgan fingerprint density at radius 3 is 2.32 bits per heavy atom. The lowest BCUT2D eigenvalue weighted by molar-refractivity contribution is 0.300. The van der Waals surface area contributed by atoms with Crippen LogP contribution in [-0.4, -0.2) is 16.8 Å². The SMILES string of the molecule is Cc1cc(C)c(OCCc2nnc(CN)o2)c(C)c1. The van der Waals surface area contributed by atoms with Gasteiger partial charge in [0.1, 0.15) is 5.75 Å². The highest BCUT2D eigenvalue weighted by Gasteiger charge is 2.07. The summed E-state index contributed by atoms with van der Waals surface area (Å²) in [5.41, 5.74) is 8.94. The number of rotatable bonds is 5. The quantitative estimate of drug-likeness (QED) is 0.891. The molecule has 5 nitrogen and oxygen atoms in total. The third-order valence-corrected chi connectivity index (χ3v) is 2.85. The zero-order valence-corrected chi connectivity index (χ0v) is 11.6. The molecule has 0 fully saturated rings. The van der Waals surface area contributed by atoms with Gasteiger partial charge in [-0.25, -0.2) is 0 Å². The molecule has 102 valence electrons. The first-order chi connectivity index (χ1) is 9.10. The molecule has 0 saturated heterocycles. The molecule has 0 aliphatic carbocycles. The minimum Gasteiger partial charge on any atom is -0.493 e. The smallest absolute Gasteiger partial charge is 0.230 e. The molecule has 0 atom stereocenters. The van der Waals surface area contributed by atoms with Crippen LogP contribution in [-0.2, 0) is 13.0 Å². The van der Waals surface area contributed by atoms with E-state index in [9.17, 15) is 0 Å². The van der Waals surface area contributed by atoms with E-state index in [0.717, 1.165) is 16.9 Å². The summed E-state index contributed by atoms with van der Waals surface area (Å²) >= 11 is 0. The number of hydrogen-bond donors (Lipinski definition) is 1. The molecule has 0 unspecified atom stereocenters. The second-order valence-electron chi connectivity index (χ2n) is 4.62. The Morgan fingerprint density at radius 2 is 1.74 bits per heavy atom. The summed E-state index contributed by atoms with van der Waals surface area (Å²) in [7, 11) is 0. The molecule has 19 heavy (non-hydrogen) atoms. The van der Waals surface area contributed by atoms with E-state index in [-0.39, 0.29) is 6.54 Å². The number of nitrogens with two attached hydrogens (primary N) is 1. The molecule has 1 heterocycles. The van der Waals surface area contributed by atoms with Crippen LogP contribution < -0.4 is 10.5 Å². The Hall–Kier alpha value is -1.88. The Labute approximate surface area is 112 Å². The number of nitrogens with zero attached hydrogens (tertiary/aromatic N) is 2. The summed E-state index contributed by atoms with van der Waals surface area (Å²) in [6.07, 6.45) is 0.583. The standard InChI is InChI=1S/C14H19N3O2/c1-9-6-10(2)14(11(3)7-9)18-5-4-12-16-17-13(8-15)19-12/h6-7H,4-5,8,15H2,1-3H3. The van der Waals surface area contributed by atoms with Crippen molar-refractivity contribution < 1.29 is 9.15 Å². The van der Waals surface area contributed by atoms with Gasteiger partial charge in [-0.15, -0.1) is 10.2 Å². The fourth-order valence-electron chi connectivity index (χ4n) is 2.11. The van der Waals surface area contributed by atoms with Crippen LogP contribution in [0.5, 0.6) is 5.75 Å². The highest BCUT2D eigenvalue weighted by atomic mass is 16.5. The monoisotopic (exact) mass is 261 g/mol. The van der Waals surface area contributed by atoms with Crippen molar-refractivity contribution in [1.29, 1.82) is 0 Å². The van der Waals surface area contributed by atoms with Crippen molar-refractivity contribution in [3.8, 4) is 5.75 Å². The summed E-state index contributed by atoms with van der Waals surface area (Å²) in [6.45, 7) is 6.96. The van der Waals surface area contributed by atoms with E-state index >= 15 is 0 Å². The maximum Gasteiger partial charge on any atom is 0.230 e. The fraction of sp³-hybridized carbons (Fsp3) is 0.429. The molecule has 0 bridgehead atoms. The predicted molar refractivity (Wildman–Crippen MR) is 72.0 cm³/mol. The lowest BCUT2D eigenvalue weighted by Crippen LogP contribution is -2.04. The molecule has 0 aliphatic rings. The van der Waals surface area contributed by atoms with Gasteiger partial charge >= 0.3 is 0 Å². The zero-order valence-electron chi connectivity index (χ0n) is 11.6. The van der Waals surface area contributed by atoms with Crippen molar-refractivity contribution >= 4 is 0 Å². The minimum atomic E-state index is 0.268. The molecule has 0 spiro atoms. The summed E-state index contributed by atoms with van der Waals surface area (Å²) in [4.78, 5) is 0. The van der Waals surface area contributed by atoms with Crippen LogP contribution in [0.4, 0.5) is 0 Å². The largest absolute Gasteiger partial charge is 0.493 e. The average molecular weight is 261 g/mol. The molecular weight excluding hydrogens is 242 g/mol. The molecule has 2 rings (SSSR count). The number of benzene rings is 1. The van der Waals surface area contributed by atoms with E-state index in [1.807, 2.05) is 0 Å². The summed E-state index contributed by atoms with van der Waals surface area (Å²) in [5.74, 6) is 1.95. The van der Waals surface area contributed by atoms with Gasteiger partial charge in [0.25, 0.3) is 0 Å². The lowest BCUT2D eigenvalue weighted by atomic mass is 10.1. The Kier molecular flexibility index (Phi) is 4.16. The molecule has 2 aromatic rings. The number of hydrogen-bond acceptors (Lipinski definition) is 5. The Balaban J connectivity index is 1.96. The van der Waals surface area contributed by atoms with Gasteiger partial charge in [-0.05, 0) is 31.9 Å². The van der Waals surface area contributed by atoms with Gasteiger partial charge < -0.3 is 14.9 Å². The molecule has 1 aromatic carbocycles. The van der Waals surface area contributed by atoms with Crippen LogP contribution in [0.15, 0.2) is 16.5 Å². The van der Waals surface area contributed by atoms with Gasteiger partial charge in [0.2, 0.25) is 11.8 Å². The van der Waals surface area contributed by atoms with Crippen molar-refractivity contribution in [2.24, 2.45) is 5.73 Å². The van der Waals surface area contributed by atoms with Crippen LogP contribution in [0.25, 0.3) is 0 Å². The van der Waals surface area contributed by atoms with Gasteiger partial charge in [0, 0.05) is 0 Å². The van der Waals surface area contributed by atoms with Crippen molar-refractivity contribution in [3.63, 3.8) is 0 Å². The van der Waals surface area contributed by atoms with E-state index in [4.69, 9.17) is 14.9 Å². The van der Waals surface area contributed by atoms with E-state index in [0.29, 0.717) is 24.8 Å². The van der Waals surface area contributed by atoms with Crippen LogP contribution in [0, 0.1) is 20.8 Å². The van der Waals surface area contributed by atoms with Crippen molar-refractivity contribution in [3.05, 3.63) is 40.6 Å². The molecule has 0 radical (unpaired) electrons. The van der Waals surface area contributed by atoms with Crippen molar-refractivity contribution in [1.82, 2.24) is 10.2 Å². The maximum absolute atomic E-state index is 5.81. The first kappa shape index (κ1) is 13.5. The van der Waals surface area contributed by atoms with Crippen LogP contribution >= 0.6 is 0 Å². The molecule has 0 aliphatic heterocycles. The van der Waals surface area contributed by atoms with Crippen molar-refractivity contribution in [2.75, 3.05) is 6.61 Å². The highest BCUT2D eigenvalue weighted by molar-refractivity contribution is 5.42. The highest BCUT2D eigenvalue weighted by Crippen LogP contribution is 2.24. The van der Waals surface area contributed by atoms with Gasteiger partial charge in [-0.2, -0.15) is 0 Å². The van der Waals surface area contributed by atoms with E-state index < -0.39 is 0 Å². The van der Waals surface area contributed by atoms with Crippen LogP contribution in [0.3, 0.4) is 0 Å². The van der Waals surface area contributed by atoms with E-state index in [1.165, 1.54) is 5.56 Å². The van der Waals surface area contributed by atoms with Crippen molar-refractivity contribution in [2.45, 2.75) is 33.7 Å². The van der Waals surface area contributed by atoms with Crippen LogP contribution in [0.2, 0.25) is 0 Å². The normalized spacial score (nSPS) is 10.7. The third-order valence-electron chi connectivity index (χ3n) is 2.85. The minimum absolute atomic E-state index is 0.268. The third kappa shape index (κ3) is 3.32. The van der Waals surface area contributed by atoms with E-state index in [2.05, 4.69) is 43.1 Å². The first-order valence-corrected chi connectivity index (χ1v) is 6.32. The van der Waals surface area contributed by atoms with Gasteiger partial charge in [-0.1, -0.05) is 17.7 Å². The van der Waals surface area contributed by atoms with Gasteiger partial charge in [0.05, 0.1) is 19.6 Å². The molecule has 0 amide bonds. The average Bonchev–Trinajstić information content (AvgIpc) is 2.80. The van der Waals surface area contributed by atoms with Gasteiger partial charge in [-0.3, -0.25) is 0 Å². The fourth-order valence-corrected chi connectivity index (χ4v) is 2.11. The zero-order chi connectivity index (χ0) is 13.8. The lowest BCUT2D eigenvalue weighted by Gasteiger charge is -2.12.